The van der Waals surface area contributed by atoms with Crippen LogP contribution in [-0.4, -0.2) is 49.6 Å². The molecule has 3 N–H and O–H groups in total. The van der Waals surface area contributed by atoms with Gasteiger partial charge in [-0.3, -0.25) is 0 Å². The summed E-state index contributed by atoms with van der Waals surface area (Å²) in [4.78, 5) is 22.7. The average Bonchev–Trinajstić information content (AvgIpc) is 2.22. The van der Waals surface area contributed by atoms with Crippen LogP contribution >= 0.6 is 0 Å². The van der Waals surface area contributed by atoms with Crippen LogP contribution in [0.25, 0.3) is 0 Å². The highest BCUT2D eigenvalue weighted by Crippen LogP contribution is 2.05. The summed E-state index contributed by atoms with van der Waals surface area (Å²) in [5, 5.41) is 8.37. The summed E-state index contributed by atoms with van der Waals surface area (Å²) in [6.45, 7) is 12.9. The van der Waals surface area contributed by atoms with Crippen molar-refractivity contribution in [2.45, 2.75) is 52.7 Å². The highest BCUT2D eigenvalue weighted by molar-refractivity contribution is 5.68. The zero-order valence-corrected chi connectivity index (χ0v) is 14.0. The first-order valence-electron chi connectivity index (χ1n) is 7.12. The number of nitrogens with one attached hydrogen (secondary N) is 3. The molecule has 0 spiro atoms. The van der Waals surface area contributed by atoms with Gasteiger partial charge >= 0.3 is 12.2 Å². The lowest BCUT2D eigenvalue weighted by Gasteiger charge is -2.20. The van der Waals surface area contributed by atoms with Crippen LogP contribution in [0, 0.1) is 0 Å². The molecular weight excluding hydrogens is 274 g/mol. The van der Waals surface area contributed by atoms with E-state index in [2.05, 4.69) is 16.0 Å². The lowest BCUT2D eigenvalue weighted by molar-refractivity contribution is 0.0528. The van der Waals surface area contributed by atoms with Gasteiger partial charge in [-0.2, -0.15) is 0 Å². The minimum atomic E-state index is -0.494. The third-order valence-electron chi connectivity index (χ3n) is 1.96. The third kappa shape index (κ3) is 14.7. The Hall–Kier alpha value is -1.50. The van der Waals surface area contributed by atoms with Crippen molar-refractivity contribution in [2.75, 3.05) is 26.2 Å². The quantitative estimate of drug-likeness (QED) is 0.649. The molecule has 0 rings (SSSR count). The smallest absolute Gasteiger partial charge is 0.407 e. The van der Waals surface area contributed by atoms with Crippen LogP contribution in [0.4, 0.5) is 9.59 Å². The van der Waals surface area contributed by atoms with E-state index in [4.69, 9.17) is 9.47 Å². The Morgan fingerprint density at radius 3 is 2.05 bits per heavy atom. The van der Waals surface area contributed by atoms with Crippen molar-refractivity contribution in [2.24, 2.45) is 0 Å². The summed E-state index contributed by atoms with van der Waals surface area (Å²) < 4.78 is 10.1. The van der Waals surface area contributed by atoms with Gasteiger partial charge in [0.2, 0.25) is 0 Å². The molecule has 0 heterocycles. The predicted octanol–water partition coefficient (Wildman–Crippen LogP) is 1.63. The lowest BCUT2D eigenvalue weighted by Crippen LogP contribution is -2.42. The number of amides is 2. The molecule has 0 aromatic rings. The number of alkyl carbamates (subject to hydrolysis) is 2. The van der Waals surface area contributed by atoms with E-state index in [9.17, 15) is 9.59 Å². The molecule has 0 atom stereocenters. The monoisotopic (exact) mass is 303 g/mol. The van der Waals surface area contributed by atoms with Crippen molar-refractivity contribution < 1.29 is 19.1 Å². The second kappa shape index (κ2) is 8.71. The van der Waals surface area contributed by atoms with Gasteiger partial charge in [-0.1, -0.05) is 0 Å². The van der Waals surface area contributed by atoms with Gasteiger partial charge in [-0.15, -0.1) is 0 Å². The standard InChI is InChI=1S/C14H29N3O4/c1-13(2,3)17-12(19)20-10-9-15-7-8-16-11(18)21-14(4,5)6/h15H,7-10H2,1-6H3,(H,16,18)(H,17,19). The average molecular weight is 303 g/mol. The molecule has 7 heteroatoms. The molecule has 0 aliphatic carbocycles. The van der Waals surface area contributed by atoms with E-state index in [1.807, 2.05) is 41.5 Å². The maximum Gasteiger partial charge on any atom is 0.407 e. The van der Waals surface area contributed by atoms with Gasteiger partial charge in [-0.25, -0.2) is 9.59 Å². The molecule has 0 radical (unpaired) electrons. The lowest BCUT2D eigenvalue weighted by atomic mass is 10.1. The number of rotatable bonds is 6. The molecule has 0 aliphatic heterocycles. The molecule has 21 heavy (non-hydrogen) atoms. The largest absolute Gasteiger partial charge is 0.448 e. The van der Waals surface area contributed by atoms with Gasteiger partial charge in [0, 0.05) is 25.2 Å². The number of carbonyl (C=O) groups excluding carboxylic acids is 2. The Bertz CT molecular complexity index is 300. The maximum absolute atomic E-state index is 11.3. The summed E-state index contributed by atoms with van der Waals surface area (Å²) in [5.74, 6) is 0. The van der Waals surface area contributed by atoms with E-state index in [0.29, 0.717) is 19.6 Å². The third-order valence-corrected chi connectivity index (χ3v) is 1.96. The predicted molar refractivity (Wildman–Crippen MR) is 81.3 cm³/mol. The number of carbonyl (C=O) groups is 2. The van der Waals surface area contributed by atoms with E-state index in [1.165, 1.54) is 0 Å². The van der Waals surface area contributed by atoms with Crippen LogP contribution in [-0.2, 0) is 9.47 Å². The van der Waals surface area contributed by atoms with Crippen LogP contribution in [0.1, 0.15) is 41.5 Å². The van der Waals surface area contributed by atoms with Gasteiger partial charge in [0.25, 0.3) is 0 Å². The normalized spacial score (nSPS) is 11.7. The van der Waals surface area contributed by atoms with Crippen molar-refractivity contribution in [3.63, 3.8) is 0 Å². The molecule has 0 aromatic heterocycles. The van der Waals surface area contributed by atoms with Gasteiger partial charge < -0.3 is 25.4 Å². The van der Waals surface area contributed by atoms with E-state index in [1.54, 1.807) is 0 Å². The Morgan fingerprint density at radius 1 is 0.905 bits per heavy atom. The fourth-order valence-electron chi connectivity index (χ4n) is 1.25. The first-order valence-corrected chi connectivity index (χ1v) is 7.12. The van der Waals surface area contributed by atoms with Crippen LogP contribution in [0.5, 0.6) is 0 Å². The summed E-state index contributed by atoms with van der Waals surface area (Å²) in [6, 6.07) is 0. The molecule has 0 fully saturated rings. The number of ether oxygens (including phenoxy) is 2. The Balaban J connectivity index is 3.49. The topological polar surface area (TPSA) is 88.7 Å². The number of hydrogen-bond acceptors (Lipinski definition) is 5. The Kier molecular flexibility index (Phi) is 8.09. The number of hydrogen-bond donors (Lipinski definition) is 3. The van der Waals surface area contributed by atoms with E-state index < -0.39 is 17.8 Å². The zero-order valence-electron chi connectivity index (χ0n) is 14.0. The molecule has 124 valence electrons. The van der Waals surface area contributed by atoms with Crippen LogP contribution in [0.15, 0.2) is 0 Å². The molecule has 0 saturated carbocycles. The van der Waals surface area contributed by atoms with Crippen molar-refractivity contribution in [3.05, 3.63) is 0 Å². The van der Waals surface area contributed by atoms with E-state index in [0.717, 1.165) is 0 Å². The molecule has 7 nitrogen and oxygen atoms in total. The van der Waals surface area contributed by atoms with Crippen molar-refractivity contribution in [1.82, 2.24) is 16.0 Å². The molecule has 0 bridgehead atoms. The van der Waals surface area contributed by atoms with Crippen LogP contribution < -0.4 is 16.0 Å². The minimum Gasteiger partial charge on any atom is -0.448 e. The fourth-order valence-corrected chi connectivity index (χ4v) is 1.25. The first kappa shape index (κ1) is 19.5. The molecule has 0 aliphatic rings. The van der Waals surface area contributed by atoms with Crippen LogP contribution in [0.2, 0.25) is 0 Å². The second-order valence-electron chi connectivity index (χ2n) is 6.69. The first-order chi connectivity index (χ1) is 9.49. The van der Waals surface area contributed by atoms with Gasteiger partial charge in [-0.05, 0) is 41.5 Å². The second-order valence-corrected chi connectivity index (χ2v) is 6.69. The van der Waals surface area contributed by atoms with E-state index >= 15 is 0 Å². The minimum absolute atomic E-state index is 0.272. The molecule has 0 saturated heterocycles. The molecule has 0 unspecified atom stereocenters. The van der Waals surface area contributed by atoms with E-state index in [-0.39, 0.29) is 12.1 Å². The van der Waals surface area contributed by atoms with Crippen molar-refractivity contribution in [1.29, 1.82) is 0 Å². The highest BCUT2D eigenvalue weighted by atomic mass is 16.6. The molecule has 0 aromatic carbocycles. The van der Waals surface area contributed by atoms with Crippen LogP contribution in [0.3, 0.4) is 0 Å². The Labute approximate surface area is 127 Å². The van der Waals surface area contributed by atoms with Gasteiger partial charge in [0.1, 0.15) is 12.2 Å². The van der Waals surface area contributed by atoms with Gasteiger partial charge in [0.15, 0.2) is 0 Å². The fraction of sp³-hybridized carbons (Fsp3) is 0.857. The summed E-state index contributed by atoms with van der Waals surface area (Å²) in [7, 11) is 0. The molecule has 2 amide bonds. The van der Waals surface area contributed by atoms with Crippen molar-refractivity contribution >= 4 is 12.2 Å². The SMILES string of the molecule is CC(C)(C)NC(=O)OCCNCCNC(=O)OC(C)(C)C. The van der Waals surface area contributed by atoms with Crippen molar-refractivity contribution in [3.8, 4) is 0 Å². The zero-order chi connectivity index (χ0) is 16.5. The molecular formula is C14H29N3O4. The maximum atomic E-state index is 11.3. The summed E-state index contributed by atoms with van der Waals surface area (Å²) in [6.07, 6.45) is -0.874. The summed E-state index contributed by atoms with van der Waals surface area (Å²) >= 11 is 0. The highest BCUT2D eigenvalue weighted by Gasteiger charge is 2.15. The Morgan fingerprint density at radius 2 is 1.52 bits per heavy atom. The summed E-state index contributed by atoms with van der Waals surface area (Å²) in [5.41, 5.74) is -0.798. The van der Waals surface area contributed by atoms with Gasteiger partial charge in [0.05, 0.1) is 0 Å².